The number of hydrogen-bond acceptors (Lipinski definition) is 5. The van der Waals surface area contributed by atoms with Crippen LogP contribution in [0.5, 0.6) is 0 Å². The Balaban J connectivity index is 1.54. The van der Waals surface area contributed by atoms with Gasteiger partial charge in [0.2, 0.25) is 10.0 Å². The first-order valence-electron chi connectivity index (χ1n) is 10.5. The summed E-state index contributed by atoms with van der Waals surface area (Å²) in [7, 11) is -3.15. The first kappa shape index (κ1) is 22.7. The van der Waals surface area contributed by atoms with Gasteiger partial charge in [-0.2, -0.15) is 5.10 Å². The molecule has 0 unspecified atom stereocenters. The van der Waals surface area contributed by atoms with Crippen LogP contribution in [-0.4, -0.2) is 52.7 Å². The van der Waals surface area contributed by atoms with Crippen LogP contribution in [-0.2, 0) is 16.6 Å². The maximum atomic E-state index is 12.8. The molecule has 1 aliphatic heterocycles. The molecule has 0 radical (unpaired) electrons. The van der Waals surface area contributed by atoms with Crippen LogP contribution in [0.15, 0.2) is 30.5 Å². The summed E-state index contributed by atoms with van der Waals surface area (Å²) in [4.78, 5) is 17.3. The second kappa shape index (κ2) is 8.80. The summed E-state index contributed by atoms with van der Waals surface area (Å²) in [5.74, 6) is -0.0332. The van der Waals surface area contributed by atoms with Crippen LogP contribution in [0.4, 0.5) is 5.69 Å². The minimum atomic E-state index is -3.15. The summed E-state index contributed by atoms with van der Waals surface area (Å²) in [6.07, 6.45) is 4.25. The summed E-state index contributed by atoms with van der Waals surface area (Å²) >= 11 is 6.63. The van der Waals surface area contributed by atoms with Gasteiger partial charge in [-0.15, -0.1) is 0 Å². The Bertz CT molecular complexity index is 1260. The van der Waals surface area contributed by atoms with Crippen molar-refractivity contribution in [2.45, 2.75) is 33.2 Å². The maximum absolute atomic E-state index is 12.8. The van der Waals surface area contributed by atoms with E-state index in [2.05, 4.69) is 15.4 Å². The van der Waals surface area contributed by atoms with Gasteiger partial charge >= 0.3 is 0 Å². The molecule has 1 N–H and O–H groups in total. The molecular formula is C22H26ClN5O3S. The number of anilines is 1. The van der Waals surface area contributed by atoms with E-state index in [4.69, 9.17) is 11.6 Å². The van der Waals surface area contributed by atoms with Gasteiger partial charge in [-0.1, -0.05) is 29.3 Å². The summed E-state index contributed by atoms with van der Waals surface area (Å²) in [6, 6.07) is 7.53. The summed E-state index contributed by atoms with van der Waals surface area (Å²) in [6.45, 7) is 5.48. The highest BCUT2D eigenvalue weighted by molar-refractivity contribution is 7.88. The van der Waals surface area contributed by atoms with Crippen molar-refractivity contribution in [3.63, 3.8) is 0 Å². The zero-order chi connectivity index (χ0) is 23.0. The number of aromatic nitrogens is 3. The van der Waals surface area contributed by atoms with E-state index in [0.717, 1.165) is 18.4 Å². The second-order valence-corrected chi connectivity index (χ2v) is 10.7. The summed E-state index contributed by atoms with van der Waals surface area (Å²) < 4.78 is 26.8. The molecular weight excluding hydrogens is 450 g/mol. The Morgan fingerprint density at radius 3 is 2.47 bits per heavy atom. The fraction of sp³-hybridized carbons (Fsp3) is 0.409. The van der Waals surface area contributed by atoms with Crippen LogP contribution in [0.1, 0.15) is 34.5 Å². The molecule has 0 saturated carbocycles. The van der Waals surface area contributed by atoms with E-state index in [0.29, 0.717) is 58.6 Å². The topological polar surface area (TPSA) is 97.2 Å². The lowest BCUT2D eigenvalue weighted by Crippen LogP contribution is -2.38. The van der Waals surface area contributed by atoms with Crippen molar-refractivity contribution in [3.8, 4) is 0 Å². The number of amides is 1. The SMILES string of the molecule is Cc1ccc(NC(=O)c2cnc3c(c(C)nn3CC3CCN(S(C)(=O)=O)CC3)c2Cl)cc1. The lowest BCUT2D eigenvalue weighted by atomic mass is 9.98. The Labute approximate surface area is 192 Å². The van der Waals surface area contributed by atoms with Gasteiger partial charge in [-0.25, -0.2) is 22.4 Å². The van der Waals surface area contributed by atoms with Gasteiger partial charge in [0, 0.05) is 31.5 Å². The molecule has 0 spiro atoms. The molecule has 10 heteroatoms. The monoisotopic (exact) mass is 475 g/mol. The Hall–Kier alpha value is -2.49. The third kappa shape index (κ3) is 4.65. The number of nitrogens with one attached hydrogen (secondary N) is 1. The molecule has 170 valence electrons. The minimum Gasteiger partial charge on any atom is -0.322 e. The molecule has 4 rings (SSSR count). The third-order valence-corrected chi connectivity index (χ3v) is 7.60. The second-order valence-electron chi connectivity index (χ2n) is 8.38. The number of hydrogen-bond donors (Lipinski definition) is 1. The highest BCUT2D eigenvalue weighted by atomic mass is 35.5. The summed E-state index contributed by atoms with van der Waals surface area (Å²) in [5.41, 5.74) is 3.42. The normalized spacial score (nSPS) is 15.9. The van der Waals surface area contributed by atoms with Gasteiger partial charge in [0.25, 0.3) is 5.91 Å². The van der Waals surface area contributed by atoms with E-state index >= 15 is 0 Å². The number of fused-ring (bicyclic) bond motifs is 1. The first-order valence-corrected chi connectivity index (χ1v) is 12.7. The average Bonchev–Trinajstić information content (AvgIpc) is 3.05. The molecule has 3 aromatic rings. The predicted molar refractivity (Wildman–Crippen MR) is 126 cm³/mol. The van der Waals surface area contributed by atoms with Crippen molar-refractivity contribution < 1.29 is 13.2 Å². The molecule has 2 aromatic heterocycles. The number of piperidine rings is 1. The number of carbonyl (C=O) groups excluding carboxylic acids is 1. The largest absolute Gasteiger partial charge is 0.322 e. The van der Waals surface area contributed by atoms with Crippen LogP contribution in [0.3, 0.4) is 0 Å². The van der Waals surface area contributed by atoms with E-state index in [1.165, 1.54) is 16.8 Å². The number of sulfonamides is 1. The van der Waals surface area contributed by atoms with Gasteiger partial charge < -0.3 is 5.32 Å². The highest BCUT2D eigenvalue weighted by Gasteiger charge is 2.26. The average molecular weight is 476 g/mol. The number of carbonyl (C=O) groups is 1. The van der Waals surface area contributed by atoms with Gasteiger partial charge in [0.1, 0.15) is 0 Å². The molecule has 0 aliphatic carbocycles. The minimum absolute atomic E-state index is 0.292. The molecule has 0 bridgehead atoms. The fourth-order valence-corrected chi connectivity index (χ4v) is 5.29. The standard InChI is InChI=1S/C22H26ClN5O3S/c1-14-4-6-17(7-5-14)25-22(29)18-12-24-21-19(20(18)23)15(2)26-28(21)13-16-8-10-27(11-9-16)32(3,30)31/h4-7,12,16H,8-11,13H2,1-3H3,(H,25,29). The van der Waals surface area contributed by atoms with Crippen LogP contribution < -0.4 is 5.32 Å². The fourth-order valence-electron chi connectivity index (χ4n) is 4.06. The van der Waals surface area contributed by atoms with E-state index in [9.17, 15) is 13.2 Å². The molecule has 3 heterocycles. The van der Waals surface area contributed by atoms with Crippen LogP contribution in [0.2, 0.25) is 5.02 Å². The van der Waals surface area contributed by atoms with Crippen LogP contribution in [0, 0.1) is 19.8 Å². The maximum Gasteiger partial charge on any atom is 0.258 e. The molecule has 1 aromatic carbocycles. The van der Waals surface area contributed by atoms with Gasteiger partial charge in [0.05, 0.1) is 27.9 Å². The lowest BCUT2D eigenvalue weighted by molar-refractivity contribution is 0.102. The summed E-state index contributed by atoms with van der Waals surface area (Å²) in [5, 5.41) is 8.46. The van der Waals surface area contributed by atoms with Crippen molar-refractivity contribution in [2.24, 2.45) is 5.92 Å². The number of aryl methyl sites for hydroxylation is 2. The first-order chi connectivity index (χ1) is 15.1. The van der Waals surface area contributed by atoms with Crippen molar-refractivity contribution in [3.05, 3.63) is 52.3 Å². The molecule has 1 saturated heterocycles. The van der Waals surface area contributed by atoms with Crippen molar-refractivity contribution in [1.29, 1.82) is 0 Å². The predicted octanol–water partition coefficient (Wildman–Crippen LogP) is 3.63. The zero-order valence-electron chi connectivity index (χ0n) is 18.3. The number of rotatable bonds is 5. The smallest absolute Gasteiger partial charge is 0.258 e. The Kier molecular flexibility index (Phi) is 6.24. The third-order valence-electron chi connectivity index (χ3n) is 5.90. The molecule has 0 atom stereocenters. The molecule has 1 amide bonds. The van der Waals surface area contributed by atoms with E-state index in [1.807, 2.05) is 42.8 Å². The Morgan fingerprint density at radius 2 is 1.84 bits per heavy atom. The quantitative estimate of drug-likeness (QED) is 0.607. The van der Waals surface area contributed by atoms with Crippen LogP contribution >= 0.6 is 11.6 Å². The van der Waals surface area contributed by atoms with Gasteiger partial charge in [0.15, 0.2) is 5.65 Å². The zero-order valence-corrected chi connectivity index (χ0v) is 19.9. The van der Waals surface area contributed by atoms with E-state index in [1.54, 1.807) is 0 Å². The van der Waals surface area contributed by atoms with E-state index < -0.39 is 10.0 Å². The number of benzene rings is 1. The lowest BCUT2D eigenvalue weighted by Gasteiger charge is -2.30. The number of nitrogens with zero attached hydrogens (tertiary/aromatic N) is 4. The molecule has 32 heavy (non-hydrogen) atoms. The van der Waals surface area contributed by atoms with Crippen LogP contribution in [0.25, 0.3) is 11.0 Å². The van der Waals surface area contributed by atoms with Crippen molar-refractivity contribution >= 4 is 44.3 Å². The molecule has 1 aliphatic rings. The van der Waals surface area contributed by atoms with Gasteiger partial charge in [-0.05, 0) is 44.7 Å². The Morgan fingerprint density at radius 1 is 1.19 bits per heavy atom. The van der Waals surface area contributed by atoms with E-state index in [-0.39, 0.29) is 5.91 Å². The molecule has 1 fully saturated rings. The molecule has 8 nitrogen and oxygen atoms in total. The van der Waals surface area contributed by atoms with Gasteiger partial charge in [-0.3, -0.25) is 4.79 Å². The highest BCUT2D eigenvalue weighted by Crippen LogP contribution is 2.30. The number of pyridine rings is 1. The van der Waals surface area contributed by atoms with Crippen molar-refractivity contribution in [1.82, 2.24) is 19.1 Å². The number of halogens is 1. The van der Waals surface area contributed by atoms with Crippen molar-refractivity contribution in [2.75, 3.05) is 24.7 Å².